The van der Waals surface area contributed by atoms with Crippen molar-refractivity contribution in [2.24, 2.45) is 0 Å². The number of fused-ring (bicyclic) bond motifs is 2. The number of ether oxygens (including phenoxy) is 1. The highest BCUT2D eigenvalue weighted by molar-refractivity contribution is 9.10. The number of rotatable bonds is 5. The molecule has 3 aromatic carbocycles. The van der Waals surface area contributed by atoms with Crippen LogP contribution in [0.25, 0.3) is 21.7 Å². The lowest BCUT2D eigenvalue weighted by molar-refractivity contribution is 0.0915. The summed E-state index contributed by atoms with van der Waals surface area (Å²) in [7, 11) is 0. The molecule has 0 bridgehead atoms. The van der Waals surface area contributed by atoms with Crippen LogP contribution in [-0.2, 0) is 6.54 Å². The summed E-state index contributed by atoms with van der Waals surface area (Å²) >= 11 is 3.36. The fraction of sp³-hybridized carbons (Fsp3) is 0.143. The third kappa shape index (κ3) is 3.86. The molecule has 1 N–H and O–H groups in total. The molecule has 1 unspecified atom stereocenters. The largest absolute Gasteiger partial charge is 0.491 e. The number of aliphatic hydroxyl groups is 1. The Morgan fingerprint density at radius 1 is 1.07 bits per heavy atom. The molecular weight excluding hydrogens is 408 g/mol. The number of aliphatic hydroxyl groups excluding tert-OH is 1. The van der Waals surface area contributed by atoms with E-state index in [0.29, 0.717) is 16.7 Å². The average molecular weight is 425 g/mol. The first kappa shape index (κ1) is 17.7. The van der Waals surface area contributed by atoms with Crippen LogP contribution in [0.1, 0.15) is 0 Å². The van der Waals surface area contributed by atoms with Crippen LogP contribution in [0.3, 0.4) is 0 Å². The van der Waals surface area contributed by atoms with Crippen molar-refractivity contribution >= 4 is 37.6 Å². The molecule has 0 aliphatic carbocycles. The number of hydrogen-bond donors (Lipinski definition) is 1. The van der Waals surface area contributed by atoms with Gasteiger partial charge in [-0.3, -0.25) is 9.36 Å². The van der Waals surface area contributed by atoms with Crippen LogP contribution >= 0.6 is 15.9 Å². The van der Waals surface area contributed by atoms with E-state index in [4.69, 9.17) is 4.74 Å². The standard InChI is InChI=1S/C21H17BrN2O3/c22-16-6-8-20-19(10-16)21(26)24(13-23-20)11-17(25)12-27-18-7-5-14-3-1-2-4-15(14)9-18/h1-10,13,17,25H,11-12H2. The van der Waals surface area contributed by atoms with Crippen molar-refractivity contribution in [3.63, 3.8) is 0 Å². The van der Waals surface area contributed by atoms with E-state index in [-0.39, 0.29) is 18.7 Å². The van der Waals surface area contributed by atoms with Crippen molar-refractivity contribution in [2.75, 3.05) is 6.61 Å². The molecular formula is C21H17BrN2O3. The van der Waals surface area contributed by atoms with Crippen LogP contribution in [0.2, 0.25) is 0 Å². The Labute approximate surface area is 164 Å². The van der Waals surface area contributed by atoms with Gasteiger partial charge in [-0.2, -0.15) is 0 Å². The van der Waals surface area contributed by atoms with Crippen LogP contribution in [0.4, 0.5) is 0 Å². The Hall–Kier alpha value is -2.70. The van der Waals surface area contributed by atoms with Crippen LogP contribution in [0, 0.1) is 0 Å². The third-order valence-corrected chi connectivity index (χ3v) is 4.85. The Balaban J connectivity index is 1.47. The van der Waals surface area contributed by atoms with E-state index in [1.54, 1.807) is 12.1 Å². The third-order valence-electron chi connectivity index (χ3n) is 4.36. The minimum atomic E-state index is -0.833. The van der Waals surface area contributed by atoms with Gasteiger partial charge in [0.25, 0.3) is 5.56 Å². The Bertz CT molecular complexity index is 1170. The molecule has 0 saturated carbocycles. The van der Waals surface area contributed by atoms with Gasteiger partial charge in [-0.05, 0) is 41.1 Å². The van der Waals surface area contributed by atoms with Gasteiger partial charge in [0, 0.05) is 4.47 Å². The Kier molecular flexibility index (Phi) is 4.92. The summed E-state index contributed by atoms with van der Waals surface area (Å²) in [6, 6.07) is 19.1. The van der Waals surface area contributed by atoms with Gasteiger partial charge in [0.1, 0.15) is 18.5 Å². The summed E-state index contributed by atoms with van der Waals surface area (Å²) in [6.45, 7) is 0.198. The lowest BCUT2D eigenvalue weighted by Gasteiger charge is -2.14. The molecule has 1 heterocycles. The van der Waals surface area contributed by atoms with E-state index in [1.165, 1.54) is 10.9 Å². The van der Waals surface area contributed by atoms with Gasteiger partial charge in [-0.25, -0.2) is 4.98 Å². The molecule has 136 valence electrons. The van der Waals surface area contributed by atoms with E-state index in [2.05, 4.69) is 20.9 Å². The van der Waals surface area contributed by atoms with Gasteiger partial charge in [0.15, 0.2) is 0 Å². The summed E-state index contributed by atoms with van der Waals surface area (Å²) in [4.78, 5) is 16.9. The predicted molar refractivity (Wildman–Crippen MR) is 109 cm³/mol. The zero-order valence-electron chi connectivity index (χ0n) is 14.4. The summed E-state index contributed by atoms with van der Waals surface area (Å²) in [5.41, 5.74) is 0.437. The van der Waals surface area contributed by atoms with Crippen molar-refractivity contribution in [2.45, 2.75) is 12.6 Å². The number of halogens is 1. The van der Waals surface area contributed by atoms with Crippen molar-refractivity contribution in [1.29, 1.82) is 0 Å². The lowest BCUT2D eigenvalue weighted by Crippen LogP contribution is -2.30. The first-order chi connectivity index (χ1) is 13.1. The van der Waals surface area contributed by atoms with E-state index < -0.39 is 6.10 Å². The van der Waals surface area contributed by atoms with E-state index in [1.807, 2.05) is 48.5 Å². The molecule has 4 rings (SSSR count). The van der Waals surface area contributed by atoms with Crippen molar-refractivity contribution in [3.8, 4) is 5.75 Å². The quantitative estimate of drug-likeness (QED) is 0.529. The molecule has 0 aliphatic rings. The van der Waals surface area contributed by atoms with E-state index in [0.717, 1.165) is 15.2 Å². The van der Waals surface area contributed by atoms with E-state index in [9.17, 15) is 9.90 Å². The molecule has 0 saturated heterocycles. The molecule has 6 heteroatoms. The SMILES string of the molecule is O=c1c2cc(Br)ccc2ncn1CC(O)COc1ccc2ccccc2c1. The number of nitrogens with zero attached hydrogens (tertiary/aromatic N) is 2. The van der Waals surface area contributed by atoms with Gasteiger partial charge < -0.3 is 9.84 Å². The van der Waals surface area contributed by atoms with Gasteiger partial charge in [-0.15, -0.1) is 0 Å². The van der Waals surface area contributed by atoms with Gasteiger partial charge in [-0.1, -0.05) is 46.3 Å². The monoisotopic (exact) mass is 424 g/mol. The number of benzene rings is 3. The fourth-order valence-corrected chi connectivity index (χ4v) is 3.35. The highest BCUT2D eigenvalue weighted by Crippen LogP contribution is 2.20. The average Bonchev–Trinajstić information content (AvgIpc) is 2.69. The second kappa shape index (κ2) is 7.50. The maximum atomic E-state index is 12.6. The molecule has 0 fully saturated rings. The van der Waals surface area contributed by atoms with Crippen LogP contribution in [-0.4, -0.2) is 27.4 Å². The normalized spacial score (nSPS) is 12.4. The second-order valence-corrected chi connectivity index (χ2v) is 7.25. The first-order valence-corrected chi connectivity index (χ1v) is 9.34. The highest BCUT2D eigenvalue weighted by Gasteiger charge is 2.11. The number of aromatic nitrogens is 2. The summed E-state index contributed by atoms with van der Waals surface area (Å²) in [5.74, 6) is 0.681. The molecule has 0 amide bonds. The lowest BCUT2D eigenvalue weighted by atomic mass is 10.1. The second-order valence-electron chi connectivity index (χ2n) is 6.34. The fourth-order valence-electron chi connectivity index (χ4n) is 2.99. The van der Waals surface area contributed by atoms with Crippen LogP contribution in [0.5, 0.6) is 5.75 Å². The van der Waals surface area contributed by atoms with Gasteiger partial charge >= 0.3 is 0 Å². The summed E-state index contributed by atoms with van der Waals surface area (Å²) in [5, 5.41) is 13.0. The maximum Gasteiger partial charge on any atom is 0.261 e. The molecule has 0 radical (unpaired) electrons. The molecule has 1 aromatic heterocycles. The van der Waals surface area contributed by atoms with Crippen LogP contribution in [0.15, 0.2) is 76.3 Å². The molecule has 0 spiro atoms. The summed E-state index contributed by atoms with van der Waals surface area (Å²) < 4.78 is 7.92. The Morgan fingerprint density at radius 2 is 1.89 bits per heavy atom. The molecule has 1 atom stereocenters. The minimum Gasteiger partial charge on any atom is -0.491 e. The molecule has 0 aliphatic heterocycles. The molecule has 4 aromatic rings. The zero-order chi connectivity index (χ0) is 18.8. The summed E-state index contributed by atoms with van der Waals surface area (Å²) in [6.07, 6.45) is 0.623. The maximum absolute atomic E-state index is 12.6. The van der Waals surface area contributed by atoms with Gasteiger partial charge in [0.05, 0.1) is 23.8 Å². The van der Waals surface area contributed by atoms with Crippen molar-refractivity contribution < 1.29 is 9.84 Å². The topological polar surface area (TPSA) is 64.4 Å². The number of hydrogen-bond acceptors (Lipinski definition) is 4. The predicted octanol–water partition coefficient (Wildman–Crippen LogP) is 3.75. The van der Waals surface area contributed by atoms with Crippen molar-refractivity contribution in [1.82, 2.24) is 9.55 Å². The zero-order valence-corrected chi connectivity index (χ0v) is 16.0. The smallest absolute Gasteiger partial charge is 0.261 e. The first-order valence-electron chi connectivity index (χ1n) is 8.54. The molecule has 27 heavy (non-hydrogen) atoms. The van der Waals surface area contributed by atoms with Crippen LogP contribution < -0.4 is 10.3 Å². The minimum absolute atomic E-state index is 0.0846. The Morgan fingerprint density at radius 3 is 2.74 bits per heavy atom. The molecule has 5 nitrogen and oxygen atoms in total. The highest BCUT2D eigenvalue weighted by atomic mass is 79.9. The van der Waals surface area contributed by atoms with Gasteiger partial charge in [0.2, 0.25) is 0 Å². The van der Waals surface area contributed by atoms with Crippen molar-refractivity contribution in [3.05, 3.63) is 81.8 Å². The van der Waals surface area contributed by atoms with E-state index >= 15 is 0 Å².